The van der Waals surface area contributed by atoms with Gasteiger partial charge in [0.05, 0.1) is 18.8 Å². The molecule has 0 aliphatic rings. The van der Waals surface area contributed by atoms with Crippen molar-refractivity contribution in [1.82, 2.24) is 4.90 Å². The van der Waals surface area contributed by atoms with Crippen molar-refractivity contribution in [3.8, 4) is 23.8 Å². The summed E-state index contributed by atoms with van der Waals surface area (Å²) in [6.45, 7) is 0.652. The van der Waals surface area contributed by atoms with Gasteiger partial charge in [-0.1, -0.05) is 36.3 Å². The highest BCUT2D eigenvalue weighted by Gasteiger charge is 2.10. The molecule has 0 spiro atoms. The van der Waals surface area contributed by atoms with Crippen molar-refractivity contribution in [2.24, 2.45) is 0 Å². The number of amides is 1. The molecule has 0 atom stereocenters. The first kappa shape index (κ1) is 15.6. The van der Waals surface area contributed by atoms with Gasteiger partial charge in [-0.3, -0.25) is 9.69 Å². The lowest BCUT2D eigenvalue weighted by atomic mass is 10.2. The average Bonchev–Trinajstić information content (AvgIpc) is 2.50. The van der Waals surface area contributed by atoms with Gasteiger partial charge in [-0.15, -0.1) is 6.42 Å². The topological polar surface area (TPSA) is 41.6 Å². The van der Waals surface area contributed by atoms with Gasteiger partial charge in [0.25, 0.3) is 0 Å². The minimum atomic E-state index is -0.137. The molecule has 0 radical (unpaired) electrons. The minimum Gasteiger partial charge on any atom is -0.455 e. The Morgan fingerprint density at radius 1 is 1.18 bits per heavy atom. The predicted octanol–water partition coefficient (Wildman–Crippen LogP) is 2.98. The van der Waals surface area contributed by atoms with Gasteiger partial charge in [-0.2, -0.15) is 0 Å². The molecule has 4 nitrogen and oxygen atoms in total. The molecule has 2 aromatic carbocycles. The predicted molar refractivity (Wildman–Crippen MR) is 87.9 cm³/mol. The summed E-state index contributed by atoms with van der Waals surface area (Å²) in [4.78, 5) is 13.8. The van der Waals surface area contributed by atoms with E-state index in [0.717, 1.165) is 0 Å². The van der Waals surface area contributed by atoms with Crippen molar-refractivity contribution in [1.29, 1.82) is 0 Å². The number of carbonyl (C=O) groups is 1. The molecule has 22 heavy (non-hydrogen) atoms. The third kappa shape index (κ3) is 4.65. The molecule has 112 valence electrons. The minimum absolute atomic E-state index is 0.137. The van der Waals surface area contributed by atoms with Gasteiger partial charge in [0.2, 0.25) is 5.91 Å². The first-order chi connectivity index (χ1) is 10.7. The highest BCUT2D eigenvalue weighted by atomic mass is 16.5. The number of anilines is 1. The monoisotopic (exact) mass is 294 g/mol. The SMILES string of the molecule is C#CCN(C)CC(=O)Nc1ccccc1Oc1ccccc1. The number of terminal acetylenes is 1. The van der Waals surface area contributed by atoms with Crippen LogP contribution in [0.4, 0.5) is 5.69 Å². The van der Waals surface area contributed by atoms with Crippen LogP contribution in [0.15, 0.2) is 54.6 Å². The molecule has 0 bridgehead atoms. The van der Waals surface area contributed by atoms with E-state index in [1.807, 2.05) is 48.5 Å². The number of ether oxygens (including phenoxy) is 1. The van der Waals surface area contributed by atoms with Crippen LogP contribution in [0.1, 0.15) is 0 Å². The van der Waals surface area contributed by atoms with E-state index < -0.39 is 0 Å². The fraction of sp³-hybridized carbons (Fsp3) is 0.167. The van der Waals surface area contributed by atoms with Crippen molar-refractivity contribution in [3.63, 3.8) is 0 Å². The summed E-state index contributed by atoms with van der Waals surface area (Å²) in [5.41, 5.74) is 0.630. The summed E-state index contributed by atoms with van der Waals surface area (Å²) < 4.78 is 5.80. The molecule has 1 N–H and O–H groups in total. The molecule has 1 amide bonds. The van der Waals surface area contributed by atoms with Gasteiger partial charge in [0.1, 0.15) is 5.75 Å². The number of carbonyl (C=O) groups excluding carboxylic acids is 1. The van der Waals surface area contributed by atoms with Crippen LogP contribution in [0, 0.1) is 12.3 Å². The van der Waals surface area contributed by atoms with Crippen molar-refractivity contribution < 1.29 is 9.53 Å². The lowest BCUT2D eigenvalue weighted by molar-refractivity contribution is -0.116. The van der Waals surface area contributed by atoms with Gasteiger partial charge in [-0.05, 0) is 31.3 Å². The highest BCUT2D eigenvalue weighted by Crippen LogP contribution is 2.28. The Labute approximate surface area is 130 Å². The van der Waals surface area contributed by atoms with Crippen molar-refractivity contribution in [2.75, 3.05) is 25.5 Å². The number of rotatable bonds is 6. The molecule has 4 heteroatoms. The van der Waals surface area contributed by atoms with Crippen LogP contribution in [0.25, 0.3) is 0 Å². The largest absolute Gasteiger partial charge is 0.455 e. The Kier molecular flexibility index (Phi) is 5.58. The summed E-state index contributed by atoms with van der Waals surface area (Å²) in [6, 6.07) is 16.7. The molecular weight excluding hydrogens is 276 g/mol. The molecule has 2 rings (SSSR count). The second-order valence-electron chi connectivity index (χ2n) is 4.84. The number of benzene rings is 2. The van der Waals surface area contributed by atoms with Crippen LogP contribution < -0.4 is 10.1 Å². The molecule has 0 aliphatic heterocycles. The first-order valence-corrected chi connectivity index (χ1v) is 6.93. The highest BCUT2D eigenvalue weighted by molar-refractivity contribution is 5.93. The zero-order valence-electron chi connectivity index (χ0n) is 12.5. The van der Waals surface area contributed by atoms with Crippen molar-refractivity contribution in [3.05, 3.63) is 54.6 Å². The Bertz CT molecular complexity index is 662. The van der Waals surface area contributed by atoms with E-state index in [1.165, 1.54) is 0 Å². The van der Waals surface area contributed by atoms with Crippen LogP contribution in [0.5, 0.6) is 11.5 Å². The summed E-state index contributed by atoms with van der Waals surface area (Å²) in [5, 5.41) is 2.85. The fourth-order valence-electron chi connectivity index (χ4n) is 1.92. The van der Waals surface area contributed by atoms with Crippen LogP contribution in [0.2, 0.25) is 0 Å². The van der Waals surface area contributed by atoms with Gasteiger partial charge in [0, 0.05) is 0 Å². The summed E-state index contributed by atoms with van der Waals surface area (Å²) in [6.07, 6.45) is 5.22. The van der Waals surface area contributed by atoms with Crippen LogP contribution >= 0.6 is 0 Å². The van der Waals surface area contributed by atoms with E-state index in [0.29, 0.717) is 23.7 Å². The summed E-state index contributed by atoms with van der Waals surface area (Å²) in [7, 11) is 1.80. The molecule has 2 aromatic rings. The molecule has 0 aliphatic carbocycles. The molecule has 0 saturated heterocycles. The zero-order chi connectivity index (χ0) is 15.8. The van der Waals surface area contributed by atoms with Crippen LogP contribution in [-0.4, -0.2) is 30.9 Å². The Morgan fingerprint density at radius 2 is 1.86 bits per heavy atom. The first-order valence-electron chi connectivity index (χ1n) is 6.93. The molecule has 0 saturated carbocycles. The maximum atomic E-state index is 12.0. The van der Waals surface area contributed by atoms with E-state index >= 15 is 0 Å². The lowest BCUT2D eigenvalue weighted by Gasteiger charge is -2.15. The van der Waals surface area contributed by atoms with Crippen LogP contribution in [-0.2, 0) is 4.79 Å². The Hall–Kier alpha value is -2.77. The maximum Gasteiger partial charge on any atom is 0.238 e. The maximum absolute atomic E-state index is 12.0. The van der Waals surface area contributed by atoms with Gasteiger partial charge < -0.3 is 10.1 Å². The molecule has 0 fully saturated rings. The van der Waals surface area contributed by atoms with Gasteiger partial charge >= 0.3 is 0 Å². The standard InChI is InChI=1S/C18H18N2O2/c1-3-13-20(2)14-18(21)19-16-11-7-8-12-17(16)22-15-9-5-4-6-10-15/h1,4-12H,13-14H2,2H3,(H,19,21). The van der Waals surface area contributed by atoms with Gasteiger partial charge in [-0.25, -0.2) is 0 Å². The number of nitrogens with zero attached hydrogens (tertiary/aromatic N) is 1. The summed E-state index contributed by atoms with van der Waals surface area (Å²) >= 11 is 0. The molecule has 0 aromatic heterocycles. The molecule has 0 heterocycles. The lowest BCUT2D eigenvalue weighted by Crippen LogP contribution is -2.30. The van der Waals surface area contributed by atoms with Crippen molar-refractivity contribution >= 4 is 11.6 Å². The summed E-state index contributed by atoms with van der Waals surface area (Å²) in [5.74, 6) is 3.68. The van der Waals surface area contributed by atoms with E-state index in [-0.39, 0.29) is 12.5 Å². The number of hydrogen-bond donors (Lipinski definition) is 1. The van der Waals surface area contributed by atoms with E-state index in [1.54, 1.807) is 18.0 Å². The molecular formula is C18H18N2O2. The van der Waals surface area contributed by atoms with E-state index in [9.17, 15) is 4.79 Å². The number of hydrogen-bond acceptors (Lipinski definition) is 3. The number of likely N-dealkylation sites (N-methyl/N-ethyl adjacent to an activating group) is 1. The average molecular weight is 294 g/mol. The number of nitrogens with one attached hydrogen (secondary N) is 1. The molecule has 0 unspecified atom stereocenters. The second-order valence-corrected chi connectivity index (χ2v) is 4.84. The second kappa shape index (κ2) is 7.87. The zero-order valence-corrected chi connectivity index (χ0v) is 12.5. The smallest absolute Gasteiger partial charge is 0.238 e. The van der Waals surface area contributed by atoms with E-state index in [4.69, 9.17) is 11.2 Å². The Morgan fingerprint density at radius 3 is 2.59 bits per heavy atom. The van der Waals surface area contributed by atoms with E-state index in [2.05, 4.69) is 11.2 Å². The normalized spacial score (nSPS) is 10.0. The quantitative estimate of drug-likeness (QED) is 0.833. The Balaban J connectivity index is 2.05. The fourth-order valence-corrected chi connectivity index (χ4v) is 1.92. The third-order valence-corrected chi connectivity index (χ3v) is 2.91. The van der Waals surface area contributed by atoms with Crippen molar-refractivity contribution in [2.45, 2.75) is 0 Å². The van der Waals surface area contributed by atoms with Gasteiger partial charge in [0.15, 0.2) is 5.75 Å². The third-order valence-electron chi connectivity index (χ3n) is 2.91. The number of para-hydroxylation sites is 3. The van der Waals surface area contributed by atoms with Crippen LogP contribution in [0.3, 0.4) is 0 Å².